The number of sulfonamides is 1. The molecule has 0 aliphatic heterocycles. The molecule has 1 atom stereocenters. The van der Waals surface area contributed by atoms with E-state index in [4.69, 9.17) is 23.2 Å². The summed E-state index contributed by atoms with van der Waals surface area (Å²) in [5.74, 6) is -1.75. The first kappa shape index (κ1) is 30.4. The molecule has 0 aliphatic carbocycles. The van der Waals surface area contributed by atoms with Crippen LogP contribution in [0.2, 0.25) is 10.0 Å². The molecule has 2 amide bonds. The van der Waals surface area contributed by atoms with Gasteiger partial charge in [-0.1, -0.05) is 66.9 Å². The molecular formula is C28H30Cl2FN3O4S. The molecule has 0 saturated carbocycles. The fraction of sp³-hybridized carbons (Fsp3) is 0.286. The highest BCUT2D eigenvalue weighted by Crippen LogP contribution is 2.28. The van der Waals surface area contributed by atoms with Gasteiger partial charge in [0.25, 0.3) is 10.0 Å². The van der Waals surface area contributed by atoms with Crippen LogP contribution in [0.4, 0.5) is 10.1 Å². The number of benzene rings is 3. The van der Waals surface area contributed by atoms with E-state index in [1.54, 1.807) is 49.4 Å². The molecular weight excluding hydrogens is 564 g/mol. The third-order valence-corrected chi connectivity index (χ3v) is 8.35. The van der Waals surface area contributed by atoms with Crippen LogP contribution < -0.4 is 9.62 Å². The lowest BCUT2D eigenvalue weighted by atomic mass is 10.1. The largest absolute Gasteiger partial charge is 0.354 e. The van der Waals surface area contributed by atoms with Gasteiger partial charge in [-0.15, -0.1) is 0 Å². The van der Waals surface area contributed by atoms with Crippen LogP contribution in [0, 0.1) is 5.82 Å². The van der Waals surface area contributed by atoms with Crippen molar-refractivity contribution in [2.24, 2.45) is 0 Å². The minimum absolute atomic E-state index is 0.00126. The van der Waals surface area contributed by atoms with E-state index < -0.39 is 34.3 Å². The number of nitrogens with one attached hydrogen (secondary N) is 1. The SMILES string of the molecule is CCCCNC(=O)[C@H](C)N(Cc1cccc(Cl)c1)C(=O)CN(c1ccc(F)c(Cl)c1)S(=O)(=O)c1ccccc1. The summed E-state index contributed by atoms with van der Waals surface area (Å²) in [6, 6.07) is 16.9. The van der Waals surface area contributed by atoms with Crippen molar-refractivity contribution in [1.29, 1.82) is 0 Å². The molecule has 0 radical (unpaired) electrons. The summed E-state index contributed by atoms with van der Waals surface area (Å²) in [4.78, 5) is 28.0. The van der Waals surface area contributed by atoms with Crippen molar-refractivity contribution in [3.63, 3.8) is 0 Å². The van der Waals surface area contributed by atoms with E-state index in [9.17, 15) is 22.4 Å². The fourth-order valence-electron chi connectivity index (χ4n) is 3.84. The fourth-order valence-corrected chi connectivity index (χ4v) is 5.65. The average molecular weight is 595 g/mol. The first-order valence-electron chi connectivity index (χ1n) is 12.4. The number of carbonyl (C=O) groups excluding carboxylic acids is 2. The van der Waals surface area contributed by atoms with E-state index in [-0.39, 0.29) is 28.1 Å². The van der Waals surface area contributed by atoms with Crippen molar-refractivity contribution in [3.8, 4) is 0 Å². The third kappa shape index (κ3) is 7.94. The Kier molecular flexibility index (Phi) is 10.7. The van der Waals surface area contributed by atoms with Crippen LogP contribution in [0.1, 0.15) is 32.3 Å². The quantitative estimate of drug-likeness (QED) is 0.274. The summed E-state index contributed by atoms with van der Waals surface area (Å²) in [7, 11) is -4.27. The molecule has 39 heavy (non-hydrogen) atoms. The Morgan fingerprint density at radius 1 is 1.00 bits per heavy atom. The molecule has 3 rings (SSSR count). The van der Waals surface area contributed by atoms with E-state index in [0.717, 1.165) is 29.3 Å². The van der Waals surface area contributed by atoms with Gasteiger partial charge in [0.15, 0.2) is 0 Å². The van der Waals surface area contributed by atoms with E-state index in [2.05, 4.69) is 5.32 Å². The molecule has 208 valence electrons. The molecule has 0 aliphatic rings. The maximum Gasteiger partial charge on any atom is 0.264 e. The lowest BCUT2D eigenvalue weighted by molar-refractivity contribution is -0.139. The van der Waals surface area contributed by atoms with Gasteiger partial charge in [-0.05, 0) is 61.4 Å². The second kappa shape index (κ2) is 13.8. The van der Waals surface area contributed by atoms with Gasteiger partial charge in [0.2, 0.25) is 11.8 Å². The van der Waals surface area contributed by atoms with Gasteiger partial charge < -0.3 is 10.2 Å². The van der Waals surface area contributed by atoms with E-state index in [0.29, 0.717) is 17.1 Å². The summed E-state index contributed by atoms with van der Waals surface area (Å²) in [5, 5.41) is 2.98. The Bertz CT molecular complexity index is 1410. The molecule has 7 nitrogen and oxygen atoms in total. The van der Waals surface area contributed by atoms with Gasteiger partial charge >= 0.3 is 0 Å². The highest BCUT2D eigenvalue weighted by Gasteiger charge is 2.32. The number of amides is 2. The standard InChI is InChI=1S/C28H30Cl2FN3O4S/c1-3-4-15-32-28(36)20(2)33(18-21-9-8-10-22(29)16-21)27(35)19-34(23-13-14-26(31)25(30)17-23)39(37,38)24-11-6-5-7-12-24/h5-14,16-17,20H,3-4,15,18-19H2,1-2H3,(H,32,36)/t20-/m0/s1. The highest BCUT2D eigenvalue weighted by molar-refractivity contribution is 7.92. The van der Waals surface area contributed by atoms with E-state index in [1.807, 2.05) is 6.92 Å². The summed E-state index contributed by atoms with van der Waals surface area (Å²) < 4.78 is 42.2. The number of carbonyl (C=O) groups is 2. The van der Waals surface area contributed by atoms with Crippen molar-refractivity contribution in [2.75, 3.05) is 17.4 Å². The molecule has 0 unspecified atom stereocenters. The zero-order valence-corrected chi connectivity index (χ0v) is 23.9. The van der Waals surface area contributed by atoms with E-state index in [1.165, 1.54) is 23.1 Å². The normalized spacial score (nSPS) is 12.0. The van der Waals surface area contributed by atoms with Gasteiger partial charge in [0, 0.05) is 18.1 Å². The Balaban J connectivity index is 2.01. The molecule has 0 aromatic heterocycles. The average Bonchev–Trinajstić information content (AvgIpc) is 2.92. The summed E-state index contributed by atoms with van der Waals surface area (Å²) >= 11 is 12.1. The number of hydrogen-bond acceptors (Lipinski definition) is 4. The van der Waals surface area contributed by atoms with Crippen LogP contribution >= 0.6 is 23.2 Å². The third-order valence-electron chi connectivity index (χ3n) is 6.04. The molecule has 0 saturated heterocycles. The van der Waals surface area contributed by atoms with Gasteiger partial charge in [-0.25, -0.2) is 12.8 Å². The number of unbranched alkanes of at least 4 members (excludes halogenated alkanes) is 1. The van der Waals surface area contributed by atoms with Crippen molar-refractivity contribution in [3.05, 3.63) is 94.2 Å². The van der Waals surface area contributed by atoms with Crippen LogP contribution in [0.3, 0.4) is 0 Å². The Morgan fingerprint density at radius 2 is 1.72 bits per heavy atom. The second-order valence-corrected chi connectivity index (χ2v) is 11.6. The van der Waals surface area contributed by atoms with Crippen LogP contribution in [0.25, 0.3) is 0 Å². The molecule has 3 aromatic rings. The minimum Gasteiger partial charge on any atom is -0.354 e. The van der Waals surface area contributed by atoms with Crippen molar-refractivity contribution < 1.29 is 22.4 Å². The monoisotopic (exact) mass is 593 g/mol. The van der Waals surface area contributed by atoms with Gasteiger partial charge in [-0.2, -0.15) is 0 Å². The summed E-state index contributed by atoms with van der Waals surface area (Å²) in [6.07, 6.45) is 1.65. The highest BCUT2D eigenvalue weighted by atomic mass is 35.5. The number of hydrogen-bond donors (Lipinski definition) is 1. The molecule has 0 bridgehead atoms. The molecule has 0 spiro atoms. The molecule has 1 N–H and O–H groups in total. The van der Waals surface area contributed by atoms with Gasteiger partial charge in [-0.3, -0.25) is 13.9 Å². The van der Waals surface area contributed by atoms with Crippen LogP contribution in [0.5, 0.6) is 0 Å². The smallest absolute Gasteiger partial charge is 0.264 e. The summed E-state index contributed by atoms with van der Waals surface area (Å²) in [5.41, 5.74) is 0.660. The van der Waals surface area contributed by atoms with Gasteiger partial charge in [0.05, 0.1) is 15.6 Å². The Hall–Kier alpha value is -3.14. The first-order chi connectivity index (χ1) is 18.5. The second-order valence-electron chi connectivity index (χ2n) is 8.90. The predicted molar refractivity (Wildman–Crippen MR) is 152 cm³/mol. The molecule has 0 heterocycles. The summed E-state index contributed by atoms with van der Waals surface area (Å²) in [6.45, 7) is 3.36. The maximum atomic E-state index is 13.9. The van der Waals surface area contributed by atoms with Crippen molar-refractivity contribution in [1.82, 2.24) is 10.2 Å². The number of halogens is 3. The number of nitrogens with zero attached hydrogens (tertiary/aromatic N) is 2. The molecule has 11 heteroatoms. The Labute approximate surface area is 238 Å². The van der Waals surface area contributed by atoms with Crippen molar-refractivity contribution >= 4 is 50.7 Å². The van der Waals surface area contributed by atoms with E-state index >= 15 is 0 Å². The Morgan fingerprint density at radius 3 is 2.36 bits per heavy atom. The van der Waals surface area contributed by atoms with Gasteiger partial charge in [0.1, 0.15) is 18.4 Å². The molecule has 3 aromatic carbocycles. The lowest BCUT2D eigenvalue weighted by Crippen LogP contribution is -2.51. The van der Waals surface area contributed by atoms with Crippen molar-refractivity contribution in [2.45, 2.75) is 44.2 Å². The topological polar surface area (TPSA) is 86.8 Å². The number of rotatable bonds is 12. The first-order valence-corrected chi connectivity index (χ1v) is 14.6. The number of anilines is 1. The predicted octanol–water partition coefficient (Wildman–Crippen LogP) is 5.66. The maximum absolute atomic E-state index is 13.9. The molecule has 0 fully saturated rings. The van der Waals surface area contributed by atoms with Crippen LogP contribution in [0.15, 0.2) is 77.7 Å². The lowest BCUT2D eigenvalue weighted by Gasteiger charge is -2.32. The zero-order valence-electron chi connectivity index (χ0n) is 21.6. The van der Waals surface area contributed by atoms with Crippen LogP contribution in [-0.4, -0.2) is 44.3 Å². The zero-order chi connectivity index (χ0) is 28.6. The minimum atomic E-state index is -4.27. The van der Waals surface area contributed by atoms with Crippen LogP contribution in [-0.2, 0) is 26.2 Å².